The summed E-state index contributed by atoms with van der Waals surface area (Å²) in [6.07, 6.45) is 3.34. The maximum Gasteiger partial charge on any atom is 0.152 e. The van der Waals surface area contributed by atoms with Crippen molar-refractivity contribution in [2.75, 3.05) is 13.7 Å². The van der Waals surface area contributed by atoms with Gasteiger partial charge in [0.15, 0.2) is 6.29 Å². The van der Waals surface area contributed by atoms with Crippen molar-refractivity contribution in [1.82, 2.24) is 4.98 Å². The Morgan fingerprint density at radius 2 is 2.35 bits per heavy atom. The molecule has 0 aliphatic carbocycles. The number of rotatable bonds is 5. The molecule has 2 rings (SSSR count). The van der Waals surface area contributed by atoms with Gasteiger partial charge >= 0.3 is 0 Å². The number of nitrogens with two attached hydrogens (primary N) is 1. The van der Waals surface area contributed by atoms with Crippen LogP contribution in [-0.2, 0) is 4.74 Å². The highest BCUT2D eigenvalue weighted by Gasteiger charge is 2.08. The first-order chi connectivity index (χ1) is 8.26. The molecule has 0 aliphatic rings. The number of hydrogen-bond donors (Lipinski definition) is 2. The molecule has 0 spiro atoms. The van der Waals surface area contributed by atoms with Crippen LogP contribution in [0.25, 0.3) is 10.9 Å². The van der Waals surface area contributed by atoms with Gasteiger partial charge in [-0.15, -0.1) is 0 Å². The van der Waals surface area contributed by atoms with Crippen molar-refractivity contribution in [1.29, 1.82) is 0 Å². The number of fused-ring (bicyclic) bond motifs is 1. The zero-order valence-electron chi connectivity index (χ0n) is 9.77. The molecule has 0 aliphatic heterocycles. The molecule has 1 atom stereocenters. The lowest BCUT2D eigenvalue weighted by atomic mass is 10.0. The summed E-state index contributed by atoms with van der Waals surface area (Å²) in [5.74, 6) is 0. The highest BCUT2D eigenvalue weighted by atomic mass is 16.5. The summed E-state index contributed by atoms with van der Waals surface area (Å²) in [4.78, 5) is 13.9. The summed E-state index contributed by atoms with van der Waals surface area (Å²) in [5.41, 5.74) is 8.72. The molecule has 3 N–H and O–H groups in total. The third kappa shape index (κ3) is 2.38. The van der Waals surface area contributed by atoms with Gasteiger partial charge in [0.2, 0.25) is 0 Å². The fourth-order valence-electron chi connectivity index (χ4n) is 1.91. The second-order valence-electron chi connectivity index (χ2n) is 4.05. The molecule has 4 nitrogen and oxygen atoms in total. The van der Waals surface area contributed by atoms with E-state index in [-0.39, 0.29) is 6.04 Å². The van der Waals surface area contributed by atoms with E-state index in [0.29, 0.717) is 12.2 Å². The van der Waals surface area contributed by atoms with E-state index in [2.05, 4.69) is 4.98 Å². The summed E-state index contributed by atoms with van der Waals surface area (Å²) in [6.45, 7) is 0.642. The number of carbonyl (C=O) groups is 1. The molecule has 0 saturated carbocycles. The van der Waals surface area contributed by atoms with Crippen molar-refractivity contribution in [3.05, 3.63) is 35.5 Å². The highest BCUT2D eigenvalue weighted by Crippen LogP contribution is 2.22. The number of aromatic nitrogens is 1. The first kappa shape index (κ1) is 11.8. The van der Waals surface area contributed by atoms with Crippen LogP contribution < -0.4 is 5.73 Å². The minimum absolute atomic E-state index is 0.0395. The van der Waals surface area contributed by atoms with Crippen LogP contribution in [-0.4, -0.2) is 25.0 Å². The summed E-state index contributed by atoms with van der Waals surface area (Å²) in [5, 5.41) is 0.933. The van der Waals surface area contributed by atoms with Crippen LogP contribution in [0.2, 0.25) is 0 Å². The van der Waals surface area contributed by atoms with Gasteiger partial charge in [0.25, 0.3) is 0 Å². The highest BCUT2D eigenvalue weighted by molar-refractivity contribution is 5.97. The number of carbonyl (C=O) groups excluding carboxylic acids is 1. The summed E-state index contributed by atoms with van der Waals surface area (Å²) in [6, 6.07) is 5.84. The predicted molar refractivity (Wildman–Crippen MR) is 67.1 cm³/mol. The second kappa shape index (κ2) is 5.12. The Balaban J connectivity index is 2.28. The fraction of sp³-hybridized carbons (Fsp3) is 0.308. The van der Waals surface area contributed by atoms with Crippen LogP contribution in [0.5, 0.6) is 0 Å². The topological polar surface area (TPSA) is 68.1 Å². The predicted octanol–water partition coefficient (Wildman–Crippen LogP) is 2.02. The third-order valence-electron chi connectivity index (χ3n) is 2.93. The number of methoxy groups -OCH3 is 1. The Labute approximate surface area is 99.8 Å². The smallest absolute Gasteiger partial charge is 0.152 e. The van der Waals surface area contributed by atoms with E-state index in [9.17, 15) is 4.79 Å². The monoisotopic (exact) mass is 232 g/mol. The Morgan fingerprint density at radius 3 is 3.06 bits per heavy atom. The molecule has 0 bridgehead atoms. The van der Waals surface area contributed by atoms with Crippen LogP contribution in [0.3, 0.4) is 0 Å². The van der Waals surface area contributed by atoms with Crippen molar-refractivity contribution < 1.29 is 9.53 Å². The Bertz CT molecular complexity index is 519. The number of hydrogen-bond acceptors (Lipinski definition) is 3. The number of aldehydes is 1. The summed E-state index contributed by atoms with van der Waals surface area (Å²) >= 11 is 0. The molecule has 0 fully saturated rings. The first-order valence-corrected chi connectivity index (χ1v) is 5.57. The average Bonchev–Trinajstić information content (AvgIpc) is 2.77. The average molecular weight is 232 g/mol. The van der Waals surface area contributed by atoms with Gasteiger partial charge in [0.1, 0.15) is 0 Å². The van der Waals surface area contributed by atoms with E-state index in [4.69, 9.17) is 10.5 Å². The van der Waals surface area contributed by atoms with Crippen LogP contribution in [0, 0.1) is 0 Å². The van der Waals surface area contributed by atoms with Crippen molar-refractivity contribution in [2.45, 2.75) is 12.5 Å². The molecular weight excluding hydrogens is 216 g/mol. The third-order valence-corrected chi connectivity index (χ3v) is 2.93. The van der Waals surface area contributed by atoms with Crippen molar-refractivity contribution in [3.8, 4) is 0 Å². The van der Waals surface area contributed by atoms with Crippen LogP contribution >= 0.6 is 0 Å². The van der Waals surface area contributed by atoms with Gasteiger partial charge in [-0.3, -0.25) is 4.79 Å². The maximum absolute atomic E-state index is 10.8. The van der Waals surface area contributed by atoms with E-state index in [1.54, 1.807) is 13.3 Å². The van der Waals surface area contributed by atoms with Gasteiger partial charge in [-0.05, 0) is 18.1 Å². The molecule has 2 aromatic rings. The van der Waals surface area contributed by atoms with Crippen molar-refractivity contribution >= 4 is 17.2 Å². The largest absolute Gasteiger partial charge is 0.385 e. The van der Waals surface area contributed by atoms with Gasteiger partial charge in [0.05, 0.1) is 0 Å². The van der Waals surface area contributed by atoms with Crippen LogP contribution in [0.4, 0.5) is 0 Å². The number of H-pyrrole nitrogens is 1. The van der Waals surface area contributed by atoms with Gasteiger partial charge < -0.3 is 15.5 Å². The molecule has 1 aromatic carbocycles. The van der Waals surface area contributed by atoms with Gasteiger partial charge in [-0.2, -0.15) is 0 Å². The molecule has 1 aromatic heterocycles. The normalized spacial score (nSPS) is 12.8. The molecule has 90 valence electrons. The number of aromatic amines is 1. The molecule has 0 radical (unpaired) electrons. The molecular formula is C13H16N2O2. The van der Waals surface area contributed by atoms with Crippen LogP contribution in [0.15, 0.2) is 24.4 Å². The van der Waals surface area contributed by atoms with E-state index >= 15 is 0 Å². The zero-order chi connectivity index (χ0) is 12.3. The molecule has 4 heteroatoms. The van der Waals surface area contributed by atoms with Gasteiger partial charge in [0, 0.05) is 42.4 Å². The SMILES string of the molecule is COCCC(N)c1ccc2c(C=O)c[nH]c2c1. The van der Waals surface area contributed by atoms with Gasteiger partial charge in [-0.1, -0.05) is 12.1 Å². The minimum Gasteiger partial charge on any atom is -0.385 e. The second-order valence-corrected chi connectivity index (χ2v) is 4.05. The lowest BCUT2D eigenvalue weighted by Crippen LogP contribution is -2.12. The lowest BCUT2D eigenvalue weighted by Gasteiger charge is -2.11. The molecule has 0 saturated heterocycles. The van der Waals surface area contributed by atoms with E-state index in [1.807, 2.05) is 18.2 Å². The van der Waals surface area contributed by atoms with Crippen molar-refractivity contribution in [3.63, 3.8) is 0 Å². The Kier molecular flexibility index (Phi) is 3.56. The van der Waals surface area contributed by atoms with Gasteiger partial charge in [-0.25, -0.2) is 0 Å². The standard InChI is InChI=1S/C13H16N2O2/c1-17-5-4-12(14)9-2-3-11-10(8-16)7-15-13(11)6-9/h2-3,6-8,12,15H,4-5,14H2,1H3. The number of benzene rings is 1. The maximum atomic E-state index is 10.8. The fourth-order valence-corrected chi connectivity index (χ4v) is 1.91. The summed E-state index contributed by atoms with van der Waals surface area (Å²) < 4.78 is 5.01. The van der Waals surface area contributed by atoms with E-state index in [0.717, 1.165) is 29.2 Å². The van der Waals surface area contributed by atoms with E-state index < -0.39 is 0 Å². The molecule has 1 heterocycles. The van der Waals surface area contributed by atoms with Crippen LogP contribution in [0.1, 0.15) is 28.4 Å². The van der Waals surface area contributed by atoms with E-state index in [1.165, 1.54) is 0 Å². The first-order valence-electron chi connectivity index (χ1n) is 5.57. The zero-order valence-corrected chi connectivity index (χ0v) is 9.77. The quantitative estimate of drug-likeness (QED) is 0.775. The molecule has 0 amide bonds. The van der Waals surface area contributed by atoms with Crippen molar-refractivity contribution in [2.24, 2.45) is 5.73 Å². The summed E-state index contributed by atoms with van der Waals surface area (Å²) in [7, 11) is 1.66. The minimum atomic E-state index is -0.0395. The number of nitrogens with one attached hydrogen (secondary N) is 1. The lowest BCUT2D eigenvalue weighted by molar-refractivity contribution is 0.112. The molecule has 1 unspecified atom stereocenters. The Morgan fingerprint density at radius 1 is 1.53 bits per heavy atom. The molecule has 17 heavy (non-hydrogen) atoms. The number of ether oxygens (including phenoxy) is 1. The Hall–Kier alpha value is -1.65.